The van der Waals surface area contributed by atoms with Crippen LogP contribution in [-0.2, 0) is 6.54 Å². The third kappa shape index (κ3) is 9.15. The van der Waals surface area contributed by atoms with Gasteiger partial charge in [0, 0.05) is 49.2 Å². The number of hydrogen-bond acceptors (Lipinski definition) is 3. The van der Waals surface area contributed by atoms with Gasteiger partial charge in [-0.25, -0.2) is 0 Å². The third-order valence-corrected chi connectivity index (χ3v) is 4.42. The van der Waals surface area contributed by atoms with Gasteiger partial charge in [-0.15, -0.1) is 35.7 Å². The van der Waals surface area contributed by atoms with E-state index in [-0.39, 0.29) is 24.0 Å². The molecule has 0 fully saturated rings. The van der Waals surface area contributed by atoms with Gasteiger partial charge >= 0.3 is 0 Å². The number of aromatic nitrogens is 2. The highest BCUT2D eigenvalue weighted by Crippen LogP contribution is 2.17. The van der Waals surface area contributed by atoms with Crippen molar-refractivity contribution in [3.63, 3.8) is 0 Å². The van der Waals surface area contributed by atoms with Crippen molar-refractivity contribution in [1.82, 2.24) is 20.4 Å². The first-order valence-corrected chi connectivity index (χ1v) is 9.45. The predicted octanol–water partition coefficient (Wildman–Crippen LogP) is 3.55. The minimum atomic E-state index is 0. The second-order valence-electron chi connectivity index (χ2n) is 5.47. The van der Waals surface area contributed by atoms with Gasteiger partial charge in [0.25, 0.3) is 0 Å². The second-order valence-corrected chi connectivity index (χ2v) is 6.64. The minimum absolute atomic E-state index is 0. The lowest BCUT2D eigenvalue weighted by Crippen LogP contribution is -2.38. The van der Waals surface area contributed by atoms with Crippen LogP contribution in [0, 0.1) is 6.92 Å². The number of hydrogen-bond donors (Lipinski definition) is 2. The molecule has 0 atom stereocenters. The highest BCUT2D eigenvalue weighted by atomic mass is 127. The van der Waals surface area contributed by atoms with Crippen molar-refractivity contribution in [1.29, 1.82) is 0 Å². The van der Waals surface area contributed by atoms with Crippen LogP contribution in [0.15, 0.2) is 52.6 Å². The van der Waals surface area contributed by atoms with Crippen LogP contribution in [0.4, 0.5) is 0 Å². The van der Waals surface area contributed by atoms with Gasteiger partial charge in [-0.05, 0) is 38.5 Å². The molecule has 7 heteroatoms. The molecule has 1 aromatic heterocycles. The number of aliphatic imine (C=N–C) groups is 1. The summed E-state index contributed by atoms with van der Waals surface area (Å²) in [6.07, 6.45) is 4.77. The van der Waals surface area contributed by atoms with Gasteiger partial charge in [-0.2, -0.15) is 5.10 Å². The molecule has 1 heterocycles. The van der Waals surface area contributed by atoms with Crippen LogP contribution >= 0.6 is 35.7 Å². The van der Waals surface area contributed by atoms with Crippen LogP contribution in [0.1, 0.15) is 18.9 Å². The highest BCUT2D eigenvalue weighted by Gasteiger charge is 1.98. The molecule has 0 amide bonds. The lowest BCUT2D eigenvalue weighted by Gasteiger charge is -2.11. The third-order valence-electron chi connectivity index (χ3n) is 3.40. The zero-order valence-electron chi connectivity index (χ0n) is 14.9. The number of benzene rings is 1. The van der Waals surface area contributed by atoms with Gasteiger partial charge in [-0.1, -0.05) is 17.7 Å². The number of rotatable bonds is 9. The molecule has 0 aliphatic rings. The molecule has 5 nitrogen and oxygen atoms in total. The largest absolute Gasteiger partial charge is 0.357 e. The highest BCUT2D eigenvalue weighted by molar-refractivity contribution is 14.0. The van der Waals surface area contributed by atoms with E-state index >= 15 is 0 Å². The molecular weight excluding hydrogens is 445 g/mol. The van der Waals surface area contributed by atoms with Crippen molar-refractivity contribution in [2.24, 2.45) is 4.99 Å². The maximum Gasteiger partial charge on any atom is 0.191 e. The fourth-order valence-corrected chi connectivity index (χ4v) is 2.94. The van der Waals surface area contributed by atoms with E-state index in [2.05, 4.69) is 58.8 Å². The van der Waals surface area contributed by atoms with Crippen LogP contribution in [0.2, 0.25) is 0 Å². The molecule has 0 saturated carbocycles. The quantitative estimate of drug-likeness (QED) is 0.192. The number of nitrogens with zero attached hydrogens (tertiary/aromatic N) is 3. The summed E-state index contributed by atoms with van der Waals surface area (Å²) in [5, 5.41) is 10.9. The number of aryl methyl sites for hydroxylation is 2. The van der Waals surface area contributed by atoms with Gasteiger partial charge in [0.1, 0.15) is 0 Å². The van der Waals surface area contributed by atoms with Crippen LogP contribution in [-0.4, -0.2) is 41.1 Å². The average molecular weight is 473 g/mol. The Labute approximate surface area is 172 Å². The molecule has 138 valence electrons. The Hall–Kier alpha value is -1.22. The van der Waals surface area contributed by atoms with Gasteiger partial charge in [0.05, 0.1) is 0 Å². The van der Waals surface area contributed by atoms with Crippen molar-refractivity contribution in [2.45, 2.75) is 31.7 Å². The van der Waals surface area contributed by atoms with Gasteiger partial charge in [0.2, 0.25) is 0 Å². The van der Waals surface area contributed by atoms with Crippen LogP contribution in [0.5, 0.6) is 0 Å². The Balaban J connectivity index is 0.00000312. The van der Waals surface area contributed by atoms with E-state index in [0.717, 1.165) is 44.3 Å². The van der Waals surface area contributed by atoms with Crippen molar-refractivity contribution in [3.05, 3.63) is 48.3 Å². The molecule has 25 heavy (non-hydrogen) atoms. The molecule has 0 aliphatic carbocycles. The first kappa shape index (κ1) is 21.8. The molecule has 2 aromatic rings. The number of guanidine groups is 1. The molecule has 0 radical (unpaired) electrons. The molecule has 2 rings (SSSR count). The average Bonchev–Trinajstić information content (AvgIpc) is 3.10. The Morgan fingerprint density at radius 1 is 1.24 bits per heavy atom. The molecule has 2 N–H and O–H groups in total. The number of nitrogens with one attached hydrogen (secondary N) is 2. The molecule has 0 spiro atoms. The lowest BCUT2D eigenvalue weighted by atomic mass is 10.2. The lowest BCUT2D eigenvalue weighted by molar-refractivity contribution is 0.584. The molecule has 0 bridgehead atoms. The van der Waals surface area contributed by atoms with E-state index in [9.17, 15) is 0 Å². The van der Waals surface area contributed by atoms with Crippen LogP contribution < -0.4 is 10.6 Å². The first-order valence-electron chi connectivity index (χ1n) is 8.47. The normalized spacial score (nSPS) is 11.0. The standard InChI is InChI=1S/C18H27N5S.HI/c1-3-19-18(20-10-4-13-23-14-5-11-22-23)21-12-15-24-17-8-6-16(2)7-9-17;/h5-9,11,14H,3-4,10,12-13,15H2,1-2H3,(H2,19,20,21);1H. The summed E-state index contributed by atoms with van der Waals surface area (Å²) >= 11 is 1.86. The predicted molar refractivity (Wildman–Crippen MR) is 118 cm³/mol. The van der Waals surface area contributed by atoms with Crippen LogP contribution in [0.25, 0.3) is 0 Å². The summed E-state index contributed by atoms with van der Waals surface area (Å²) in [7, 11) is 0. The summed E-state index contributed by atoms with van der Waals surface area (Å²) in [5.41, 5.74) is 1.30. The van der Waals surface area contributed by atoms with Crippen molar-refractivity contribution in [2.75, 3.05) is 25.4 Å². The molecule has 1 aromatic carbocycles. The summed E-state index contributed by atoms with van der Waals surface area (Å²) < 4.78 is 1.94. The Bertz CT molecular complexity index is 598. The summed E-state index contributed by atoms with van der Waals surface area (Å²) in [5.74, 6) is 1.91. The Morgan fingerprint density at radius 3 is 2.72 bits per heavy atom. The maximum absolute atomic E-state index is 4.61. The second kappa shape index (κ2) is 13.0. The summed E-state index contributed by atoms with van der Waals surface area (Å²) in [6.45, 7) is 7.66. The van der Waals surface area contributed by atoms with E-state index in [1.807, 2.05) is 28.7 Å². The monoisotopic (exact) mass is 473 g/mol. The molecule has 0 unspecified atom stereocenters. The minimum Gasteiger partial charge on any atom is -0.357 e. The Morgan fingerprint density at radius 2 is 2.04 bits per heavy atom. The summed E-state index contributed by atoms with van der Waals surface area (Å²) in [4.78, 5) is 5.92. The molecule has 0 saturated heterocycles. The van der Waals surface area contributed by atoms with E-state index < -0.39 is 0 Å². The first-order chi connectivity index (χ1) is 11.8. The van der Waals surface area contributed by atoms with Crippen molar-refractivity contribution < 1.29 is 0 Å². The van der Waals surface area contributed by atoms with Crippen molar-refractivity contribution >= 4 is 41.7 Å². The topological polar surface area (TPSA) is 54.2 Å². The fraction of sp³-hybridized carbons (Fsp3) is 0.444. The van der Waals surface area contributed by atoms with E-state index in [1.54, 1.807) is 6.20 Å². The van der Waals surface area contributed by atoms with Crippen LogP contribution in [0.3, 0.4) is 0 Å². The molecule has 0 aliphatic heterocycles. The maximum atomic E-state index is 4.61. The zero-order valence-corrected chi connectivity index (χ0v) is 18.1. The van der Waals surface area contributed by atoms with Crippen molar-refractivity contribution in [3.8, 4) is 0 Å². The van der Waals surface area contributed by atoms with Gasteiger partial charge in [-0.3, -0.25) is 9.67 Å². The van der Waals surface area contributed by atoms with E-state index in [4.69, 9.17) is 0 Å². The fourth-order valence-electron chi connectivity index (χ4n) is 2.17. The number of halogens is 1. The van der Waals surface area contributed by atoms with Gasteiger partial charge in [0.15, 0.2) is 5.96 Å². The Kier molecular flexibility index (Phi) is 11.4. The smallest absolute Gasteiger partial charge is 0.191 e. The number of thioether (sulfide) groups is 1. The van der Waals surface area contributed by atoms with E-state index in [0.29, 0.717) is 0 Å². The van der Waals surface area contributed by atoms with E-state index in [1.165, 1.54) is 10.5 Å². The summed E-state index contributed by atoms with van der Waals surface area (Å²) in [6, 6.07) is 10.6. The zero-order chi connectivity index (χ0) is 17.0. The SMILES string of the molecule is CCNC(=NCCCn1cccn1)NCCSc1ccc(C)cc1.I. The van der Waals surface area contributed by atoms with Gasteiger partial charge < -0.3 is 10.6 Å². The molecular formula is C18H28IN5S.